The molecule has 1 N–H and O–H groups in total. The van der Waals surface area contributed by atoms with E-state index in [-0.39, 0.29) is 6.61 Å². The third-order valence-corrected chi connectivity index (χ3v) is 3.76. The van der Waals surface area contributed by atoms with E-state index < -0.39 is 0 Å². The number of rotatable bonds is 4. The predicted octanol–water partition coefficient (Wildman–Crippen LogP) is 0.665. The number of likely N-dealkylation sites (tertiary alicyclic amines) is 1. The summed E-state index contributed by atoms with van der Waals surface area (Å²) in [4.78, 5) is 2.40. The van der Waals surface area contributed by atoms with Crippen LogP contribution in [0.15, 0.2) is 12.3 Å². The fourth-order valence-electron chi connectivity index (χ4n) is 2.57. The van der Waals surface area contributed by atoms with Crippen LogP contribution in [0.25, 0.3) is 0 Å². The van der Waals surface area contributed by atoms with Gasteiger partial charge >= 0.3 is 0 Å². The van der Waals surface area contributed by atoms with Crippen LogP contribution in [0.5, 0.6) is 0 Å². The molecular weight excluding hydrogens is 202 g/mol. The number of hydrogen-bond acceptors (Lipinski definition) is 3. The highest BCUT2D eigenvalue weighted by atomic mass is 16.3. The van der Waals surface area contributed by atoms with E-state index in [1.165, 1.54) is 12.1 Å². The first kappa shape index (κ1) is 11.6. The SMILES string of the molecule is CC1CCN(CCc2ccnn2C)C1CO. The molecule has 4 heteroatoms. The van der Waals surface area contributed by atoms with E-state index in [4.69, 9.17) is 0 Å². The summed E-state index contributed by atoms with van der Waals surface area (Å²) in [5.74, 6) is 0.622. The molecule has 0 aromatic carbocycles. The standard InChI is InChI=1S/C12H21N3O/c1-10-4-7-15(12(10)9-16)8-5-11-3-6-13-14(11)2/h3,6,10,12,16H,4-5,7-9H2,1-2H3. The Bertz CT molecular complexity index is 337. The molecule has 0 spiro atoms. The van der Waals surface area contributed by atoms with Crippen LogP contribution in [0.4, 0.5) is 0 Å². The van der Waals surface area contributed by atoms with Gasteiger partial charge in [0.2, 0.25) is 0 Å². The molecule has 1 fully saturated rings. The van der Waals surface area contributed by atoms with E-state index in [9.17, 15) is 5.11 Å². The van der Waals surface area contributed by atoms with E-state index in [1.54, 1.807) is 0 Å². The van der Waals surface area contributed by atoms with Gasteiger partial charge in [-0.15, -0.1) is 0 Å². The van der Waals surface area contributed by atoms with Crippen LogP contribution in [0.1, 0.15) is 19.0 Å². The van der Waals surface area contributed by atoms with Crippen molar-refractivity contribution in [2.24, 2.45) is 13.0 Å². The highest BCUT2D eigenvalue weighted by Gasteiger charge is 2.29. The normalized spacial score (nSPS) is 26.4. The van der Waals surface area contributed by atoms with Crippen molar-refractivity contribution in [3.05, 3.63) is 18.0 Å². The molecule has 0 saturated carbocycles. The van der Waals surface area contributed by atoms with Gasteiger partial charge in [-0.2, -0.15) is 5.10 Å². The van der Waals surface area contributed by atoms with Crippen molar-refractivity contribution in [3.8, 4) is 0 Å². The third kappa shape index (κ3) is 2.28. The number of aliphatic hydroxyl groups is 1. The first-order valence-electron chi connectivity index (χ1n) is 6.04. The van der Waals surface area contributed by atoms with Crippen LogP contribution in [0.3, 0.4) is 0 Å². The fourth-order valence-corrected chi connectivity index (χ4v) is 2.57. The molecule has 0 bridgehead atoms. The topological polar surface area (TPSA) is 41.3 Å². The molecule has 1 aromatic rings. The van der Waals surface area contributed by atoms with Crippen molar-refractivity contribution in [3.63, 3.8) is 0 Å². The van der Waals surface area contributed by atoms with Gasteiger partial charge in [-0.3, -0.25) is 9.58 Å². The lowest BCUT2D eigenvalue weighted by Crippen LogP contribution is -2.36. The molecule has 90 valence electrons. The molecule has 0 aliphatic carbocycles. The van der Waals surface area contributed by atoms with Gasteiger partial charge in [-0.05, 0) is 24.9 Å². The van der Waals surface area contributed by atoms with Crippen LogP contribution in [0.2, 0.25) is 0 Å². The molecule has 1 aliphatic heterocycles. The van der Waals surface area contributed by atoms with E-state index in [0.717, 1.165) is 19.5 Å². The Balaban J connectivity index is 1.89. The van der Waals surface area contributed by atoms with E-state index >= 15 is 0 Å². The van der Waals surface area contributed by atoms with Gasteiger partial charge in [-0.1, -0.05) is 6.92 Å². The van der Waals surface area contributed by atoms with Crippen molar-refractivity contribution >= 4 is 0 Å². The minimum absolute atomic E-state index is 0.284. The number of aliphatic hydroxyl groups excluding tert-OH is 1. The van der Waals surface area contributed by atoms with Crippen LogP contribution < -0.4 is 0 Å². The maximum absolute atomic E-state index is 9.36. The molecular formula is C12H21N3O. The number of aryl methyl sites for hydroxylation is 1. The summed E-state index contributed by atoms with van der Waals surface area (Å²) in [5, 5.41) is 13.5. The molecule has 0 radical (unpaired) electrons. The van der Waals surface area contributed by atoms with Crippen molar-refractivity contribution in [1.82, 2.24) is 14.7 Å². The van der Waals surface area contributed by atoms with E-state index in [2.05, 4.69) is 23.0 Å². The Morgan fingerprint density at radius 1 is 1.56 bits per heavy atom. The Hall–Kier alpha value is -0.870. The van der Waals surface area contributed by atoms with Gasteiger partial charge < -0.3 is 5.11 Å². The minimum Gasteiger partial charge on any atom is -0.395 e. The van der Waals surface area contributed by atoms with Crippen molar-refractivity contribution < 1.29 is 5.11 Å². The molecule has 1 aromatic heterocycles. The summed E-state index contributed by atoms with van der Waals surface area (Å²) in [6, 6.07) is 2.42. The molecule has 1 saturated heterocycles. The number of aromatic nitrogens is 2. The first-order valence-corrected chi connectivity index (χ1v) is 6.04. The first-order chi connectivity index (χ1) is 7.72. The van der Waals surface area contributed by atoms with Crippen molar-refractivity contribution in [1.29, 1.82) is 0 Å². The van der Waals surface area contributed by atoms with E-state index in [0.29, 0.717) is 12.0 Å². The Kier molecular flexibility index (Phi) is 3.61. The van der Waals surface area contributed by atoms with Crippen LogP contribution in [-0.2, 0) is 13.5 Å². The molecule has 1 aliphatic rings. The van der Waals surface area contributed by atoms with Crippen LogP contribution in [-0.4, -0.2) is 45.5 Å². The van der Waals surface area contributed by atoms with Gasteiger partial charge in [0.05, 0.1) is 6.61 Å². The maximum atomic E-state index is 9.36. The molecule has 4 nitrogen and oxygen atoms in total. The largest absolute Gasteiger partial charge is 0.395 e. The quantitative estimate of drug-likeness (QED) is 0.815. The molecule has 2 rings (SSSR count). The zero-order valence-electron chi connectivity index (χ0n) is 10.1. The lowest BCUT2D eigenvalue weighted by molar-refractivity contribution is 0.140. The van der Waals surface area contributed by atoms with Crippen LogP contribution >= 0.6 is 0 Å². The smallest absolute Gasteiger partial charge is 0.0589 e. The number of nitrogens with zero attached hydrogens (tertiary/aromatic N) is 3. The molecule has 2 atom stereocenters. The zero-order valence-corrected chi connectivity index (χ0v) is 10.1. The lowest BCUT2D eigenvalue weighted by atomic mass is 10.0. The lowest BCUT2D eigenvalue weighted by Gasteiger charge is -2.24. The predicted molar refractivity (Wildman–Crippen MR) is 63.1 cm³/mol. The second kappa shape index (κ2) is 4.97. The fraction of sp³-hybridized carbons (Fsp3) is 0.750. The summed E-state index contributed by atoms with van der Waals surface area (Å²) in [7, 11) is 1.98. The Labute approximate surface area is 96.9 Å². The summed E-state index contributed by atoms with van der Waals surface area (Å²) in [6.45, 7) is 4.65. The second-order valence-corrected chi connectivity index (χ2v) is 4.75. The second-order valence-electron chi connectivity index (χ2n) is 4.75. The van der Waals surface area contributed by atoms with Gasteiger partial charge in [0.15, 0.2) is 0 Å². The average molecular weight is 223 g/mol. The number of hydrogen-bond donors (Lipinski definition) is 1. The monoisotopic (exact) mass is 223 g/mol. The molecule has 2 unspecified atom stereocenters. The molecule has 16 heavy (non-hydrogen) atoms. The summed E-state index contributed by atoms with van der Waals surface area (Å²) in [5.41, 5.74) is 1.26. The maximum Gasteiger partial charge on any atom is 0.0589 e. The van der Waals surface area contributed by atoms with Gasteiger partial charge in [0, 0.05) is 37.9 Å². The summed E-state index contributed by atoms with van der Waals surface area (Å²) >= 11 is 0. The summed E-state index contributed by atoms with van der Waals surface area (Å²) < 4.78 is 1.92. The minimum atomic E-state index is 0.284. The molecule has 0 amide bonds. The average Bonchev–Trinajstić information content (AvgIpc) is 2.82. The highest BCUT2D eigenvalue weighted by Crippen LogP contribution is 2.23. The Morgan fingerprint density at radius 2 is 2.38 bits per heavy atom. The summed E-state index contributed by atoms with van der Waals surface area (Å²) in [6.07, 6.45) is 4.06. The highest BCUT2D eigenvalue weighted by molar-refractivity contribution is 5.01. The molecule has 2 heterocycles. The Morgan fingerprint density at radius 3 is 3.00 bits per heavy atom. The van der Waals surface area contributed by atoms with Gasteiger partial charge in [0.25, 0.3) is 0 Å². The van der Waals surface area contributed by atoms with Crippen molar-refractivity contribution in [2.75, 3.05) is 19.7 Å². The zero-order chi connectivity index (χ0) is 11.5. The van der Waals surface area contributed by atoms with Gasteiger partial charge in [0.1, 0.15) is 0 Å². The van der Waals surface area contributed by atoms with E-state index in [1.807, 2.05) is 17.9 Å². The van der Waals surface area contributed by atoms with Crippen molar-refractivity contribution in [2.45, 2.75) is 25.8 Å². The third-order valence-electron chi connectivity index (χ3n) is 3.76. The van der Waals surface area contributed by atoms with Crippen LogP contribution in [0, 0.1) is 5.92 Å². The van der Waals surface area contributed by atoms with Gasteiger partial charge in [-0.25, -0.2) is 0 Å².